The van der Waals surface area contributed by atoms with Gasteiger partial charge in [-0.3, -0.25) is 9.79 Å². The van der Waals surface area contributed by atoms with Gasteiger partial charge in [0.1, 0.15) is 0 Å². The number of unbranched alkanes of at least 4 members (excludes halogenated alkanes) is 18. The Morgan fingerprint density at radius 3 is 1.30 bits per heavy atom. The highest BCUT2D eigenvalue weighted by atomic mass is 31.2. The third-order valence-electron chi connectivity index (χ3n) is 5.02. The van der Waals surface area contributed by atoms with Crippen molar-refractivity contribution in [2.45, 2.75) is 129 Å². The zero-order chi connectivity index (χ0) is 20.1. The Bertz CT molecular complexity index is 365. The van der Waals surface area contributed by atoms with E-state index < -0.39 is 7.82 Å². The molecule has 0 atom stereocenters. The van der Waals surface area contributed by atoms with Crippen LogP contribution in [0.25, 0.3) is 0 Å². The van der Waals surface area contributed by atoms with E-state index in [4.69, 9.17) is 9.79 Å². The van der Waals surface area contributed by atoms with Gasteiger partial charge in [-0.2, -0.15) is 0 Å². The molecule has 0 rings (SSSR count). The maximum Gasteiger partial charge on any atom is 0.524 e. The number of hydrogen-bond acceptors (Lipinski definition) is 2. The van der Waals surface area contributed by atoms with E-state index in [2.05, 4.69) is 11.4 Å². The lowest BCUT2D eigenvalue weighted by Crippen LogP contribution is -1.84. The van der Waals surface area contributed by atoms with Crippen LogP contribution in [-0.4, -0.2) is 9.79 Å². The summed E-state index contributed by atoms with van der Waals surface area (Å²) in [5.74, 6) is 0. The van der Waals surface area contributed by atoms with Crippen molar-refractivity contribution in [2.24, 2.45) is 0 Å². The van der Waals surface area contributed by atoms with Gasteiger partial charge in [-0.15, -0.1) is 0 Å². The average Bonchev–Trinajstić information content (AvgIpc) is 2.62. The van der Waals surface area contributed by atoms with Gasteiger partial charge >= 0.3 is 7.82 Å². The minimum absolute atomic E-state index is 0.818. The largest absolute Gasteiger partial charge is 0.524 e. The van der Waals surface area contributed by atoms with Gasteiger partial charge in [-0.05, 0) is 18.9 Å². The van der Waals surface area contributed by atoms with E-state index in [0.29, 0.717) is 0 Å². The maximum absolute atomic E-state index is 10.5. The van der Waals surface area contributed by atoms with Gasteiger partial charge in [0.05, 0.1) is 6.26 Å². The van der Waals surface area contributed by atoms with Gasteiger partial charge in [0.15, 0.2) is 0 Å². The molecule has 0 saturated carbocycles. The summed E-state index contributed by atoms with van der Waals surface area (Å²) in [6, 6.07) is 0. The summed E-state index contributed by atoms with van der Waals surface area (Å²) in [5, 5.41) is 0. The van der Waals surface area contributed by atoms with Crippen molar-refractivity contribution in [1.82, 2.24) is 0 Å². The molecule has 0 aromatic carbocycles. The molecule has 0 aliphatic carbocycles. The molecule has 0 radical (unpaired) electrons. The molecule has 2 N–H and O–H groups in total. The molecule has 0 spiro atoms. The second-order valence-corrected chi connectivity index (χ2v) is 8.96. The molecule has 0 unspecified atom stereocenters. The third kappa shape index (κ3) is 25.7. The second-order valence-electron chi connectivity index (χ2n) is 7.77. The molecule has 0 amide bonds. The highest BCUT2D eigenvalue weighted by Gasteiger charge is 2.10. The van der Waals surface area contributed by atoms with Crippen molar-refractivity contribution >= 4 is 7.82 Å². The molecular formula is C22H45O4P. The summed E-state index contributed by atoms with van der Waals surface area (Å²) in [7, 11) is -4.35. The predicted molar refractivity (Wildman–Crippen MR) is 116 cm³/mol. The lowest BCUT2D eigenvalue weighted by molar-refractivity contribution is 0.258. The quantitative estimate of drug-likeness (QED) is 0.115. The highest BCUT2D eigenvalue weighted by molar-refractivity contribution is 7.46. The monoisotopic (exact) mass is 404 g/mol. The minimum atomic E-state index is -4.35. The molecule has 0 aromatic rings. The normalized spacial score (nSPS) is 12.1. The molecular weight excluding hydrogens is 359 g/mol. The van der Waals surface area contributed by atoms with E-state index in [1.807, 2.05) is 0 Å². The summed E-state index contributed by atoms with van der Waals surface area (Å²) >= 11 is 0. The first-order valence-electron chi connectivity index (χ1n) is 11.4. The molecule has 0 heterocycles. The molecule has 5 heteroatoms. The van der Waals surface area contributed by atoms with Crippen LogP contribution < -0.4 is 0 Å². The Hall–Kier alpha value is -0.310. The molecule has 162 valence electrons. The fourth-order valence-electron chi connectivity index (χ4n) is 3.35. The number of phosphoric ester groups is 1. The van der Waals surface area contributed by atoms with Crippen LogP contribution in [0.15, 0.2) is 12.3 Å². The first-order valence-corrected chi connectivity index (χ1v) is 13.0. The van der Waals surface area contributed by atoms with Gasteiger partial charge in [-0.1, -0.05) is 116 Å². The standard InChI is InChI=1S/C22H45O4P/c1-2-3-4-5-6-7-8-9-10-11-12-13-14-15-16-17-18-19-20-21-22-26-27(23,24)25/h21-22H,2-20H2,1H3,(H2,23,24,25). The van der Waals surface area contributed by atoms with Gasteiger partial charge < -0.3 is 4.52 Å². The van der Waals surface area contributed by atoms with E-state index in [9.17, 15) is 4.57 Å². The number of allylic oxidation sites excluding steroid dienone is 1. The van der Waals surface area contributed by atoms with E-state index >= 15 is 0 Å². The Morgan fingerprint density at radius 2 is 0.963 bits per heavy atom. The molecule has 0 aliphatic rings. The van der Waals surface area contributed by atoms with Crippen LogP contribution in [0.5, 0.6) is 0 Å². The van der Waals surface area contributed by atoms with Crippen molar-refractivity contribution in [2.75, 3.05) is 0 Å². The van der Waals surface area contributed by atoms with E-state index in [0.717, 1.165) is 19.1 Å². The van der Waals surface area contributed by atoms with Gasteiger partial charge in [-0.25, -0.2) is 4.57 Å². The molecule has 0 fully saturated rings. The number of hydrogen-bond donors (Lipinski definition) is 2. The lowest BCUT2D eigenvalue weighted by atomic mass is 10.0. The Kier molecular flexibility index (Phi) is 20.2. The predicted octanol–water partition coefficient (Wildman–Crippen LogP) is 8.04. The molecule has 4 nitrogen and oxygen atoms in total. The molecule has 0 bridgehead atoms. The van der Waals surface area contributed by atoms with Crippen LogP contribution in [0.3, 0.4) is 0 Å². The van der Waals surface area contributed by atoms with Gasteiger partial charge in [0, 0.05) is 0 Å². The zero-order valence-electron chi connectivity index (χ0n) is 17.7. The van der Waals surface area contributed by atoms with Gasteiger partial charge in [0.2, 0.25) is 0 Å². The zero-order valence-corrected chi connectivity index (χ0v) is 18.6. The van der Waals surface area contributed by atoms with E-state index in [-0.39, 0.29) is 0 Å². The molecule has 0 saturated heterocycles. The third-order valence-corrected chi connectivity index (χ3v) is 5.42. The first kappa shape index (κ1) is 26.7. The first-order chi connectivity index (χ1) is 13.1. The molecule has 0 aliphatic heterocycles. The van der Waals surface area contributed by atoms with Crippen LogP contribution in [0.1, 0.15) is 129 Å². The smallest absolute Gasteiger partial charge is 0.413 e. The maximum atomic E-state index is 10.5. The highest BCUT2D eigenvalue weighted by Crippen LogP contribution is 2.35. The summed E-state index contributed by atoms with van der Waals surface area (Å²) in [4.78, 5) is 17.0. The van der Waals surface area contributed by atoms with Crippen molar-refractivity contribution in [3.63, 3.8) is 0 Å². The van der Waals surface area contributed by atoms with Crippen molar-refractivity contribution in [1.29, 1.82) is 0 Å². The topological polar surface area (TPSA) is 66.8 Å². The molecule has 0 aromatic heterocycles. The van der Waals surface area contributed by atoms with E-state index in [1.165, 1.54) is 109 Å². The van der Waals surface area contributed by atoms with Crippen molar-refractivity contribution in [3.8, 4) is 0 Å². The fraction of sp³-hybridized carbons (Fsp3) is 0.909. The molecule has 27 heavy (non-hydrogen) atoms. The van der Waals surface area contributed by atoms with Crippen LogP contribution >= 0.6 is 7.82 Å². The van der Waals surface area contributed by atoms with Crippen molar-refractivity contribution < 1.29 is 18.9 Å². The van der Waals surface area contributed by atoms with E-state index in [1.54, 1.807) is 6.08 Å². The lowest BCUT2D eigenvalue weighted by Gasteiger charge is -2.03. The Balaban J connectivity index is 3.08. The summed E-state index contributed by atoms with van der Waals surface area (Å²) in [6.07, 6.45) is 28.1. The fourth-order valence-corrected chi connectivity index (χ4v) is 3.60. The van der Waals surface area contributed by atoms with Crippen LogP contribution in [-0.2, 0) is 9.09 Å². The summed E-state index contributed by atoms with van der Waals surface area (Å²) < 4.78 is 14.7. The SMILES string of the molecule is CCCCCCCCCCCCCCCCCCCCC=COP(=O)(O)O. The van der Waals surface area contributed by atoms with Crippen LogP contribution in [0.2, 0.25) is 0 Å². The van der Waals surface area contributed by atoms with Crippen LogP contribution in [0.4, 0.5) is 0 Å². The Morgan fingerprint density at radius 1 is 0.630 bits per heavy atom. The number of rotatable bonds is 21. The van der Waals surface area contributed by atoms with Crippen LogP contribution in [0, 0.1) is 0 Å². The number of phosphoric acid groups is 1. The average molecular weight is 405 g/mol. The Labute approximate surface area is 168 Å². The minimum Gasteiger partial charge on any atom is -0.413 e. The van der Waals surface area contributed by atoms with Crippen molar-refractivity contribution in [3.05, 3.63) is 12.3 Å². The summed E-state index contributed by atoms with van der Waals surface area (Å²) in [5.41, 5.74) is 0. The van der Waals surface area contributed by atoms with Gasteiger partial charge in [0.25, 0.3) is 0 Å². The second kappa shape index (κ2) is 20.4. The summed E-state index contributed by atoms with van der Waals surface area (Å²) in [6.45, 7) is 2.28.